The van der Waals surface area contributed by atoms with Crippen molar-refractivity contribution >= 4 is 21.4 Å². The number of nitrogens with one attached hydrogen (secondary N) is 1. The summed E-state index contributed by atoms with van der Waals surface area (Å²) in [5.41, 5.74) is 1.24. The van der Waals surface area contributed by atoms with Crippen LogP contribution in [-0.4, -0.2) is 12.6 Å². The predicted molar refractivity (Wildman–Crippen MR) is 68.6 cm³/mol. The Morgan fingerprint density at radius 2 is 2.19 bits per heavy atom. The monoisotopic (exact) mass is 237 g/mol. The van der Waals surface area contributed by atoms with E-state index in [1.165, 1.54) is 23.0 Å². The quantitative estimate of drug-likeness (QED) is 0.857. The van der Waals surface area contributed by atoms with Gasteiger partial charge < -0.3 is 5.32 Å². The van der Waals surface area contributed by atoms with Crippen LogP contribution in [0.2, 0.25) is 0 Å². The SMILES string of the molecule is CC(C)NCCc1csc2c(F)cccc12. The molecule has 0 aliphatic rings. The summed E-state index contributed by atoms with van der Waals surface area (Å²) in [5, 5.41) is 6.50. The maximum Gasteiger partial charge on any atom is 0.140 e. The van der Waals surface area contributed by atoms with Crippen LogP contribution < -0.4 is 5.32 Å². The summed E-state index contributed by atoms with van der Waals surface area (Å²) in [6.45, 7) is 5.21. The minimum absolute atomic E-state index is 0.106. The number of rotatable bonds is 4. The minimum Gasteiger partial charge on any atom is -0.314 e. The number of hydrogen-bond acceptors (Lipinski definition) is 2. The fourth-order valence-electron chi connectivity index (χ4n) is 1.76. The molecule has 16 heavy (non-hydrogen) atoms. The van der Waals surface area contributed by atoms with Crippen molar-refractivity contribution in [1.82, 2.24) is 5.32 Å². The third-order valence-electron chi connectivity index (χ3n) is 2.58. The van der Waals surface area contributed by atoms with Crippen molar-refractivity contribution in [3.8, 4) is 0 Å². The fourth-order valence-corrected chi connectivity index (χ4v) is 2.78. The van der Waals surface area contributed by atoms with E-state index in [2.05, 4.69) is 24.5 Å². The maximum atomic E-state index is 13.4. The highest BCUT2D eigenvalue weighted by molar-refractivity contribution is 7.17. The molecule has 0 bridgehead atoms. The lowest BCUT2D eigenvalue weighted by Gasteiger charge is -2.06. The van der Waals surface area contributed by atoms with E-state index < -0.39 is 0 Å². The van der Waals surface area contributed by atoms with Gasteiger partial charge in [-0.05, 0) is 35.4 Å². The average Bonchev–Trinajstić information content (AvgIpc) is 2.63. The van der Waals surface area contributed by atoms with Gasteiger partial charge in [0, 0.05) is 6.04 Å². The van der Waals surface area contributed by atoms with Gasteiger partial charge in [0.15, 0.2) is 0 Å². The molecule has 1 aromatic heterocycles. The molecule has 0 spiro atoms. The fraction of sp³-hybridized carbons (Fsp3) is 0.385. The first kappa shape index (κ1) is 11.6. The molecule has 1 aromatic carbocycles. The number of halogens is 1. The van der Waals surface area contributed by atoms with Gasteiger partial charge in [0.05, 0.1) is 4.70 Å². The van der Waals surface area contributed by atoms with Gasteiger partial charge in [0.2, 0.25) is 0 Å². The van der Waals surface area contributed by atoms with Crippen LogP contribution in [0.25, 0.3) is 10.1 Å². The van der Waals surface area contributed by atoms with Crippen molar-refractivity contribution in [3.63, 3.8) is 0 Å². The van der Waals surface area contributed by atoms with Crippen molar-refractivity contribution in [3.05, 3.63) is 35.0 Å². The number of hydrogen-bond donors (Lipinski definition) is 1. The molecular formula is C13H16FNS. The zero-order valence-electron chi connectivity index (χ0n) is 9.59. The summed E-state index contributed by atoms with van der Waals surface area (Å²) in [4.78, 5) is 0. The number of thiophene rings is 1. The normalized spacial score (nSPS) is 11.5. The van der Waals surface area contributed by atoms with E-state index in [0.717, 1.165) is 23.1 Å². The smallest absolute Gasteiger partial charge is 0.140 e. The molecule has 86 valence electrons. The van der Waals surface area contributed by atoms with E-state index in [9.17, 15) is 4.39 Å². The second-order valence-electron chi connectivity index (χ2n) is 4.24. The molecule has 1 heterocycles. The first-order chi connectivity index (χ1) is 7.68. The summed E-state index contributed by atoms with van der Waals surface area (Å²) < 4.78 is 14.2. The van der Waals surface area contributed by atoms with Gasteiger partial charge >= 0.3 is 0 Å². The van der Waals surface area contributed by atoms with Crippen LogP contribution >= 0.6 is 11.3 Å². The van der Waals surface area contributed by atoms with Crippen LogP contribution in [0.1, 0.15) is 19.4 Å². The van der Waals surface area contributed by atoms with Crippen LogP contribution in [0.15, 0.2) is 23.6 Å². The molecule has 1 nitrogen and oxygen atoms in total. The highest BCUT2D eigenvalue weighted by Gasteiger charge is 2.07. The lowest BCUT2D eigenvalue weighted by molar-refractivity contribution is 0.591. The molecular weight excluding hydrogens is 221 g/mol. The van der Waals surface area contributed by atoms with Crippen molar-refractivity contribution in [2.45, 2.75) is 26.3 Å². The average molecular weight is 237 g/mol. The second kappa shape index (κ2) is 4.93. The topological polar surface area (TPSA) is 12.0 Å². The summed E-state index contributed by atoms with van der Waals surface area (Å²) in [6.07, 6.45) is 0.960. The largest absolute Gasteiger partial charge is 0.314 e. The summed E-state index contributed by atoms with van der Waals surface area (Å²) >= 11 is 1.50. The van der Waals surface area contributed by atoms with Crippen molar-refractivity contribution in [2.75, 3.05) is 6.54 Å². The minimum atomic E-state index is -0.106. The molecule has 0 fully saturated rings. The van der Waals surface area contributed by atoms with Crippen LogP contribution in [0, 0.1) is 5.82 Å². The molecule has 0 aliphatic carbocycles. The molecule has 0 saturated heterocycles. The second-order valence-corrected chi connectivity index (χ2v) is 5.12. The van der Waals surface area contributed by atoms with Gasteiger partial charge in [0.1, 0.15) is 5.82 Å². The van der Waals surface area contributed by atoms with E-state index in [1.54, 1.807) is 6.07 Å². The first-order valence-electron chi connectivity index (χ1n) is 5.56. The molecule has 0 aliphatic heterocycles. The molecule has 0 amide bonds. The van der Waals surface area contributed by atoms with Gasteiger partial charge in [-0.1, -0.05) is 26.0 Å². The highest BCUT2D eigenvalue weighted by atomic mass is 32.1. The van der Waals surface area contributed by atoms with Crippen molar-refractivity contribution in [2.24, 2.45) is 0 Å². The highest BCUT2D eigenvalue weighted by Crippen LogP contribution is 2.28. The number of fused-ring (bicyclic) bond motifs is 1. The Morgan fingerprint density at radius 3 is 2.94 bits per heavy atom. The summed E-state index contributed by atoms with van der Waals surface area (Å²) in [7, 11) is 0. The molecule has 0 radical (unpaired) electrons. The van der Waals surface area contributed by atoms with Crippen molar-refractivity contribution < 1.29 is 4.39 Å². The van der Waals surface area contributed by atoms with Crippen LogP contribution in [0.4, 0.5) is 4.39 Å². The standard InChI is InChI=1S/C13H16FNS/c1-9(2)15-7-6-10-8-16-13-11(10)4-3-5-12(13)14/h3-5,8-9,15H,6-7H2,1-2H3. The molecule has 0 unspecified atom stereocenters. The van der Waals surface area contributed by atoms with Gasteiger partial charge in [-0.25, -0.2) is 4.39 Å². The van der Waals surface area contributed by atoms with E-state index in [1.807, 2.05) is 6.07 Å². The van der Waals surface area contributed by atoms with Crippen molar-refractivity contribution in [1.29, 1.82) is 0 Å². The molecule has 2 rings (SSSR count). The van der Waals surface area contributed by atoms with Gasteiger partial charge in [-0.3, -0.25) is 0 Å². The van der Waals surface area contributed by atoms with E-state index in [-0.39, 0.29) is 5.82 Å². The third-order valence-corrected chi connectivity index (χ3v) is 3.63. The zero-order chi connectivity index (χ0) is 11.5. The van der Waals surface area contributed by atoms with Crippen LogP contribution in [0.5, 0.6) is 0 Å². The molecule has 0 atom stereocenters. The number of benzene rings is 1. The molecule has 0 saturated carbocycles. The molecule has 1 N–H and O–H groups in total. The Labute approximate surface area is 99.3 Å². The molecule has 3 heteroatoms. The Bertz CT molecular complexity index is 476. The van der Waals surface area contributed by atoms with Crippen LogP contribution in [0.3, 0.4) is 0 Å². The van der Waals surface area contributed by atoms with Crippen LogP contribution in [-0.2, 0) is 6.42 Å². The Morgan fingerprint density at radius 1 is 1.38 bits per heavy atom. The van der Waals surface area contributed by atoms with E-state index >= 15 is 0 Å². The van der Waals surface area contributed by atoms with Gasteiger partial charge in [0.25, 0.3) is 0 Å². The predicted octanol–water partition coefficient (Wildman–Crippen LogP) is 3.58. The van der Waals surface area contributed by atoms with Gasteiger partial charge in [-0.15, -0.1) is 11.3 Å². The lowest BCUT2D eigenvalue weighted by Crippen LogP contribution is -2.24. The Balaban J connectivity index is 2.16. The zero-order valence-corrected chi connectivity index (χ0v) is 10.4. The van der Waals surface area contributed by atoms with Gasteiger partial charge in [-0.2, -0.15) is 0 Å². The Kier molecular flexibility index (Phi) is 3.56. The van der Waals surface area contributed by atoms with E-state index in [0.29, 0.717) is 6.04 Å². The molecule has 2 aromatic rings. The third kappa shape index (κ3) is 2.42. The summed E-state index contributed by atoms with van der Waals surface area (Å²) in [6, 6.07) is 5.81. The summed E-state index contributed by atoms with van der Waals surface area (Å²) in [5.74, 6) is -0.106. The lowest BCUT2D eigenvalue weighted by atomic mass is 10.1. The Hall–Kier alpha value is -0.930. The van der Waals surface area contributed by atoms with E-state index in [4.69, 9.17) is 0 Å². The maximum absolute atomic E-state index is 13.4. The first-order valence-corrected chi connectivity index (χ1v) is 6.44.